The van der Waals surface area contributed by atoms with E-state index in [2.05, 4.69) is 22.2 Å². The topological polar surface area (TPSA) is 44.8 Å². The van der Waals surface area contributed by atoms with Crippen LogP contribution in [0.3, 0.4) is 0 Å². The highest BCUT2D eigenvalue weighted by Crippen LogP contribution is 2.33. The van der Waals surface area contributed by atoms with Gasteiger partial charge in [-0.15, -0.1) is 0 Å². The standard InChI is InChI=1S/C20H35N3O2/c1-22-17-8-4-9-18(22)13-15(12-17)21-20(24)23(16-6-2-3-7-16)14-19-10-5-11-25-19/h15-19H,2-14H2,1H3,(H,21,24)/t17-,18-,19+/m0/s1. The van der Waals surface area contributed by atoms with Crippen LogP contribution in [-0.2, 0) is 4.74 Å². The van der Waals surface area contributed by atoms with Crippen molar-refractivity contribution in [2.45, 2.75) is 101 Å². The molecule has 4 fully saturated rings. The van der Waals surface area contributed by atoms with Crippen molar-refractivity contribution in [1.29, 1.82) is 0 Å². The first-order valence-corrected chi connectivity index (χ1v) is 10.6. The van der Waals surface area contributed by atoms with Crippen LogP contribution in [0.4, 0.5) is 4.79 Å². The lowest BCUT2D eigenvalue weighted by Gasteiger charge is -2.47. The fourth-order valence-corrected chi connectivity index (χ4v) is 5.61. The molecule has 3 aliphatic heterocycles. The van der Waals surface area contributed by atoms with Crippen LogP contribution in [0.1, 0.15) is 70.6 Å². The maximum atomic E-state index is 13.1. The van der Waals surface area contributed by atoms with Gasteiger partial charge in [-0.05, 0) is 58.4 Å². The minimum atomic E-state index is 0.176. The highest BCUT2D eigenvalue weighted by molar-refractivity contribution is 5.75. The van der Waals surface area contributed by atoms with E-state index in [-0.39, 0.29) is 12.1 Å². The Morgan fingerprint density at radius 1 is 1.04 bits per heavy atom. The molecule has 2 amide bonds. The van der Waals surface area contributed by atoms with E-state index in [1.807, 2.05) is 0 Å². The number of urea groups is 1. The van der Waals surface area contributed by atoms with Crippen molar-refractivity contribution in [3.8, 4) is 0 Å². The summed E-state index contributed by atoms with van der Waals surface area (Å²) in [6, 6.07) is 2.28. The van der Waals surface area contributed by atoms with Crippen molar-refractivity contribution >= 4 is 6.03 Å². The quantitative estimate of drug-likeness (QED) is 0.848. The van der Waals surface area contributed by atoms with Crippen molar-refractivity contribution in [2.75, 3.05) is 20.2 Å². The number of rotatable bonds is 4. The monoisotopic (exact) mass is 349 g/mol. The highest BCUT2D eigenvalue weighted by atomic mass is 16.5. The van der Waals surface area contributed by atoms with Gasteiger partial charge in [0.05, 0.1) is 6.10 Å². The van der Waals surface area contributed by atoms with E-state index in [1.165, 1.54) is 44.9 Å². The summed E-state index contributed by atoms with van der Waals surface area (Å²) in [5.74, 6) is 0. The second-order valence-electron chi connectivity index (χ2n) is 8.75. The Kier molecular flexibility index (Phi) is 5.51. The average Bonchev–Trinajstić information content (AvgIpc) is 3.27. The summed E-state index contributed by atoms with van der Waals surface area (Å²) in [6.07, 6.45) is 13.5. The number of fused-ring (bicyclic) bond motifs is 2. The Labute approximate surface area is 152 Å². The zero-order valence-corrected chi connectivity index (χ0v) is 15.8. The van der Waals surface area contributed by atoms with Crippen LogP contribution < -0.4 is 5.32 Å². The molecule has 2 bridgehead atoms. The molecule has 3 atom stereocenters. The smallest absolute Gasteiger partial charge is 0.317 e. The average molecular weight is 350 g/mol. The summed E-state index contributed by atoms with van der Waals surface area (Å²) in [5, 5.41) is 3.42. The Hall–Kier alpha value is -0.810. The molecule has 1 saturated carbocycles. The van der Waals surface area contributed by atoms with Crippen molar-refractivity contribution in [3.63, 3.8) is 0 Å². The molecular weight excluding hydrogens is 314 g/mol. The van der Waals surface area contributed by atoms with Crippen molar-refractivity contribution in [3.05, 3.63) is 0 Å². The van der Waals surface area contributed by atoms with Crippen LogP contribution >= 0.6 is 0 Å². The van der Waals surface area contributed by atoms with Gasteiger partial charge in [-0.25, -0.2) is 4.79 Å². The fourth-order valence-electron chi connectivity index (χ4n) is 5.61. The molecule has 0 aromatic carbocycles. The summed E-state index contributed by atoms with van der Waals surface area (Å²) in [4.78, 5) is 17.8. The van der Waals surface area contributed by atoms with Gasteiger partial charge in [0, 0.05) is 37.3 Å². The van der Waals surface area contributed by atoms with E-state index >= 15 is 0 Å². The third-order valence-corrected chi connectivity index (χ3v) is 7.12. The Bertz CT molecular complexity index is 446. The molecule has 5 nitrogen and oxygen atoms in total. The lowest BCUT2D eigenvalue weighted by atomic mass is 9.82. The van der Waals surface area contributed by atoms with E-state index in [9.17, 15) is 4.79 Å². The lowest BCUT2D eigenvalue weighted by molar-refractivity contribution is 0.0446. The molecule has 142 valence electrons. The molecule has 0 aromatic rings. The van der Waals surface area contributed by atoms with Gasteiger partial charge in [-0.1, -0.05) is 19.3 Å². The molecule has 0 unspecified atom stereocenters. The summed E-state index contributed by atoms with van der Waals surface area (Å²) in [5.41, 5.74) is 0. The molecule has 4 aliphatic rings. The van der Waals surface area contributed by atoms with Crippen molar-refractivity contribution < 1.29 is 9.53 Å². The third-order valence-electron chi connectivity index (χ3n) is 7.12. The van der Waals surface area contributed by atoms with Crippen molar-refractivity contribution in [2.24, 2.45) is 0 Å². The molecule has 3 heterocycles. The van der Waals surface area contributed by atoms with Gasteiger partial charge in [-0.2, -0.15) is 0 Å². The number of amides is 2. The Balaban J connectivity index is 1.37. The predicted molar refractivity (Wildman–Crippen MR) is 98.7 cm³/mol. The number of piperidine rings is 2. The number of carbonyl (C=O) groups excluding carboxylic acids is 1. The van der Waals surface area contributed by atoms with Crippen LogP contribution in [0.2, 0.25) is 0 Å². The SMILES string of the molecule is CN1[C@H]2CCC[C@H]1CC(NC(=O)N(C[C@H]1CCCO1)C1CCCC1)C2. The Morgan fingerprint density at radius 3 is 2.40 bits per heavy atom. The van der Waals surface area contributed by atoms with Crippen LogP contribution in [0, 0.1) is 0 Å². The number of carbonyl (C=O) groups is 1. The summed E-state index contributed by atoms with van der Waals surface area (Å²) in [7, 11) is 2.27. The van der Waals surface area contributed by atoms with Gasteiger partial charge in [-0.3, -0.25) is 0 Å². The molecule has 0 spiro atoms. The van der Waals surface area contributed by atoms with E-state index in [1.54, 1.807) is 0 Å². The Morgan fingerprint density at radius 2 is 1.76 bits per heavy atom. The summed E-state index contributed by atoms with van der Waals surface area (Å²) in [6.45, 7) is 1.65. The number of hydrogen-bond donors (Lipinski definition) is 1. The van der Waals surface area contributed by atoms with Gasteiger partial charge >= 0.3 is 6.03 Å². The molecular formula is C20H35N3O2. The third kappa shape index (κ3) is 3.97. The molecule has 0 aromatic heterocycles. The van der Waals surface area contributed by atoms with Crippen molar-refractivity contribution in [1.82, 2.24) is 15.1 Å². The molecule has 1 aliphatic carbocycles. The maximum absolute atomic E-state index is 13.1. The minimum absolute atomic E-state index is 0.176. The van der Waals surface area contributed by atoms with Gasteiger partial charge in [0.1, 0.15) is 0 Å². The molecule has 1 N–H and O–H groups in total. The molecule has 4 rings (SSSR count). The van der Waals surface area contributed by atoms with Crippen LogP contribution in [-0.4, -0.2) is 66.3 Å². The number of nitrogens with one attached hydrogen (secondary N) is 1. The van der Waals surface area contributed by atoms with E-state index in [0.29, 0.717) is 24.2 Å². The number of nitrogens with zero attached hydrogens (tertiary/aromatic N) is 2. The van der Waals surface area contributed by atoms with Gasteiger partial charge < -0.3 is 19.9 Å². The predicted octanol–water partition coefficient (Wildman–Crippen LogP) is 3.13. The summed E-state index contributed by atoms with van der Waals surface area (Å²) >= 11 is 0. The molecule has 25 heavy (non-hydrogen) atoms. The van der Waals surface area contributed by atoms with Crippen LogP contribution in [0.5, 0.6) is 0 Å². The normalized spacial score (nSPS) is 36.5. The number of hydrogen-bond acceptors (Lipinski definition) is 3. The van der Waals surface area contributed by atoms with E-state index in [4.69, 9.17) is 4.74 Å². The first kappa shape index (κ1) is 17.6. The lowest BCUT2D eigenvalue weighted by Crippen LogP contribution is -2.58. The maximum Gasteiger partial charge on any atom is 0.317 e. The minimum Gasteiger partial charge on any atom is -0.376 e. The second kappa shape index (κ2) is 7.83. The second-order valence-corrected chi connectivity index (χ2v) is 8.75. The largest absolute Gasteiger partial charge is 0.376 e. The highest BCUT2D eigenvalue weighted by Gasteiger charge is 2.38. The van der Waals surface area contributed by atoms with Crippen LogP contribution in [0.25, 0.3) is 0 Å². The number of ether oxygens (including phenoxy) is 1. The summed E-state index contributed by atoms with van der Waals surface area (Å²) < 4.78 is 5.83. The van der Waals surface area contributed by atoms with Gasteiger partial charge in [0.2, 0.25) is 0 Å². The fraction of sp³-hybridized carbons (Fsp3) is 0.950. The zero-order chi connectivity index (χ0) is 17.2. The zero-order valence-electron chi connectivity index (χ0n) is 15.8. The van der Waals surface area contributed by atoms with E-state index in [0.717, 1.165) is 38.8 Å². The first-order chi connectivity index (χ1) is 12.2. The molecule has 0 radical (unpaired) electrons. The van der Waals surface area contributed by atoms with Gasteiger partial charge in [0.25, 0.3) is 0 Å². The van der Waals surface area contributed by atoms with Gasteiger partial charge in [0.15, 0.2) is 0 Å². The first-order valence-electron chi connectivity index (χ1n) is 10.6. The molecule has 3 saturated heterocycles. The van der Waals surface area contributed by atoms with E-state index < -0.39 is 0 Å². The van der Waals surface area contributed by atoms with Crippen LogP contribution in [0.15, 0.2) is 0 Å². The molecule has 5 heteroatoms.